The molecule has 1 unspecified atom stereocenters. The van der Waals surface area contributed by atoms with Gasteiger partial charge in [-0.2, -0.15) is 0 Å². The molecule has 0 amide bonds. The Bertz CT molecular complexity index is 466. The van der Waals surface area contributed by atoms with Gasteiger partial charge in [-0.25, -0.2) is 14.8 Å². The fourth-order valence-electron chi connectivity index (χ4n) is 2.45. The summed E-state index contributed by atoms with van der Waals surface area (Å²) in [6.07, 6.45) is 8.11. The summed E-state index contributed by atoms with van der Waals surface area (Å²) in [6.45, 7) is 1.92. The Hall–Kier alpha value is -1.75. The number of esters is 1. The first-order valence-electron chi connectivity index (χ1n) is 6.28. The van der Waals surface area contributed by atoms with E-state index in [1.807, 2.05) is 0 Å². The zero-order valence-electron chi connectivity index (χ0n) is 10.1. The molecule has 2 aliphatic heterocycles. The third-order valence-corrected chi connectivity index (χ3v) is 3.31. The van der Waals surface area contributed by atoms with Crippen molar-refractivity contribution >= 4 is 11.5 Å². The van der Waals surface area contributed by atoms with Gasteiger partial charge in [0.2, 0.25) is 0 Å². The summed E-state index contributed by atoms with van der Waals surface area (Å²) in [6, 6.07) is 1.76. The Labute approximate surface area is 105 Å². The van der Waals surface area contributed by atoms with Gasteiger partial charge in [-0.3, -0.25) is 4.90 Å². The van der Waals surface area contributed by atoms with E-state index in [9.17, 15) is 4.79 Å². The molecule has 0 aliphatic carbocycles. The van der Waals surface area contributed by atoms with E-state index < -0.39 is 0 Å². The van der Waals surface area contributed by atoms with Crippen molar-refractivity contribution in [1.29, 1.82) is 0 Å². The summed E-state index contributed by atoms with van der Waals surface area (Å²) in [7, 11) is 0. The molecule has 0 aromatic carbocycles. The van der Waals surface area contributed by atoms with E-state index in [1.54, 1.807) is 18.5 Å². The van der Waals surface area contributed by atoms with Crippen molar-refractivity contribution in [1.82, 2.24) is 14.9 Å². The van der Waals surface area contributed by atoms with Gasteiger partial charge in [0.05, 0.1) is 5.57 Å². The van der Waals surface area contributed by atoms with Gasteiger partial charge >= 0.3 is 5.97 Å². The van der Waals surface area contributed by atoms with Crippen molar-refractivity contribution in [2.45, 2.75) is 25.5 Å². The highest BCUT2D eigenvalue weighted by Gasteiger charge is 2.34. The average molecular weight is 245 g/mol. The topological polar surface area (TPSA) is 55.3 Å². The monoisotopic (exact) mass is 245 g/mol. The number of rotatable bonds is 2. The smallest absolute Gasteiger partial charge is 0.333 e. The molecule has 5 nitrogen and oxygen atoms in total. The maximum absolute atomic E-state index is 11.5. The maximum atomic E-state index is 11.5. The van der Waals surface area contributed by atoms with Crippen LogP contribution < -0.4 is 0 Å². The third kappa shape index (κ3) is 2.13. The van der Waals surface area contributed by atoms with Crippen molar-refractivity contribution in [3.8, 4) is 0 Å². The van der Waals surface area contributed by atoms with Crippen LogP contribution in [0.1, 0.15) is 25.1 Å². The average Bonchev–Trinajstić information content (AvgIpc) is 2.83. The highest BCUT2D eigenvalue weighted by atomic mass is 16.6. The van der Waals surface area contributed by atoms with Gasteiger partial charge < -0.3 is 4.74 Å². The van der Waals surface area contributed by atoms with Crippen LogP contribution >= 0.6 is 0 Å². The number of cyclic esters (lactones) is 1. The van der Waals surface area contributed by atoms with E-state index in [-0.39, 0.29) is 12.2 Å². The molecule has 18 heavy (non-hydrogen) atoms. The third-order valence-electron chi connectivity index (χ3n) is 3.31. The predicted molar refractivity (Wildman–Crippen MR) is 65.3 cm³/mol. The molecule has 94 valence electrons. The lowest BCUT2D eigenvalue weighted by Gasteiger charge is -2.31. The standard InChI is InChI=1S/C13H15N3O2/c17-11-9-10(12-14-5-4-6-15-12)13(18-11)16-7-2-1-3-8-16/h4-6,9,13H,1-3,7-8H2. The largest absolute Gasteiger partial charge is 0.439 e. The number of hydrogen-bond donors (Lipinski definition) is 0. The van der Waals surface area contributed by atoms with E-state index in [0.29, 0.717) is 5.82 Å². The lowest BCUT2D eigenvalue weighted by molar-refractivity contribution is -0.145. The fraction of sp³-hybridized carbons (Fsp3) is 0.462. The van der Waals surface area contributed by atoms with Crippen molar-refractivity contribution in [3.05, 3.63) is 30.4 Å². The molecule has 0 radical (unpaired) electrons. The molecule has 1 aromatic heterocycles. The van der Waals surface area contributed by atoms with Crippen LogP contribution in [0, 0.1) is 0 Å². The van der Waals surface area contributed by atoms with Gasteiger partial charge in [-0.05, 0) is 18.9 Å². The molecule has 0 bridgehead atoms. The molecular weight excluding hydrogens is 230 g/mol. The van der Waals surface area contributed by atoms with Crippen LogP contribution in [0.3, 0.4) is 0 Å². The quantitative estimate of drug-likeness (QED) is 0.733. The molecule has 0 N–H and O–H groups in total. The van der Waals surface area contributed by atoms with E-state index in [0.717, 1.165) is 31.5 Å². The summed E-state index contributed by atoms with van der Waals surface area (Å²) in [5.41, 5.74) is 0.780. The minimum atomic E-state index is -0.305. The Morgan fingerprint density at radius 1 is 1.17 bits per heavy atom. The first-order chi connectivity index (χ1) is 8.84. The minimum absolute atomic E-state index is 0.298. The number of carbonyl (C=O) groups excluding carboxylic acids is 1. The molecule has 1 atom stereocenters. The van der Waals surface area contributed by atoms with Crippen LogP contribution in [0.5, 0.6) is 0 Å². The zero-order valence-corrected chi connectivity index (χ0v) is 10.1. The minimum Gasteiger partial charge on any atom is -0.439 e. The second-order valence-corrected chi connectivity index (χ2v) is 4.56. The van der Waals surface area contributed by atoms with Crippen LogP contribution in [-0.4, -0.2) is 40.2 Å². The molecule has 1 fully saturated rings. The molecule has 3 heterocycles. The summed E-state index contributed by atoms with van der Waals surface area (Å²) in [5.74, 6) is 0.284. The molecule has 2 aliphatic rings. The highest BCUT2D eigenvalue weighted by molar-refractivity contribution is 5.95. The van der Waals surface area contributed by atoms with Crippen molar-refractivity contribution in [3.63, 3.8) is 0 Å². The fourth-order valence-corrected chi connectivity index (χ4v) is 2.45. The van der Waals surface area contributed by atoms with Gasteiger partial charge in [0, 0.05) is 31.6 Å². The molecule has 0 spiro atoms. The van der Waals surface area contributed by atoms with Crippen molar-refractivity contribution in [2.24, 2.45) is 0 Å². The van der Waals surface area contributed by atoms with Gasteiger partial charge in [-0.1, -0.05) is 6.42 Å². The number of aromatic nitrogens is 2. The van der Waals surface area contributed by atoms with E-state index in [1.165, 1.54) is 12.5 Å². The summed E-state index contributed by atoms with van der Waals surface area (Å²) in [4.78, 5) is 22.1. The highest BCUT2D eigenvalue weighted by Crippen LogP contribution is 2.28. The van der Waals surface area contributed by atoms with Gasteiger partial charge in [0.15, 0.2) is 12.1 Å². The van der Waals surface area contributed by atoms with Crippen LogP contribution in [0.15, 0.2) is 24.5 Å². The Morgan fingerprint density at radius 3 is 2.61 bits per heavy atom. The predicted octanol–water partition coefficient (Wildman–Crippen LogP) is 1.23. The normalized spacial score (nSPS) is 24.8. The first kappa shape index (κ1) is 11.3. The van der Waals surface area contributed by atoms with Crippen LogP contribution in [0.25, 0.3) is 5.57 Å². The summed E-state index contributed by atoms with van der Waals surface area (Å²) < 4.78 is 5.38. The van der Waals surface area contributed by atoms with Gasteiger partial charge in [0.25, 0.3) is 0 Å². The lowest BCUT2D eigenvalue weighted by Crippen LogP contribution is -2.40. The molecular formula is C13H15N3O2. The van der Waals surface area contributed by atoms with Crippen LogP contribution in [0.2, 0.25) is 0 Å². The Morgan fingerprint density at radius 2 is 1.89 bits per heavy atom. The number of carbonyl (C=O) groups is 1. The SMILES string of the molecule is O=C1C=C(c2ncccn2)C(N2CCCCC2)O1. The van der Waals surface area contributed by atoms with Crippen molar-refractivity contribution in [2.75, 3.05) is 13.1 Å². The molecule has 5 heteroatoms. The Kier molecular flexibility index (Phi) is 3.06. The number of ether oxygens (including phenoxy) is 1. The molecule has 1 aromatic rings. The van der Waals surface area contributed by atoms with Crippen LogP contribution in [-0.2, 0) is 9.53 Å². The lowest BCUT2D eigenvalue weighted by atomic mass is 10.1. The second kappa shape index (κ2) is 4.86. The van der Waals surface area contributed by atoms with E-state index >= 15 is 0 Å². The maximum Gasteiger partial charge on any atom is 0.333 e. The summed E-state index contributed by atoms with van der Waals surface area (Å²) >= 11 is 0. The molecule has 1 saturated heterocycles. The molecule has 3 rings (SSSR count). The van der Waals surface area contributed by atoms with E-state index in [2.05, 4.69) is 14.9 Å². The summed E-state index contributed by atoms with van der Waals surface area (Å²) in [5, 5.41) is 0. The van der Waals surface area contributed by atoms with Gasteiger partial charge in [0.1, 0.15) is 0 Å². The number of nitrogens with zero attached hydrogens (tertiary/aromatic N) is 3. The van der Waals surface area contributed by atoms with Gasteiger partial charge in [-0.15, -0.1) is 0 Å². The molecule has 0 saturated carbocycles. The second-order valence-electron chi connectivity index (χ2n) is 4.56. The van der Waals surface area contributed by atoms with Crippen LogP contribution in [0.4, 0.5) is 0 Å². The number of piperidine rings is 1. The Balaban J connectivity index is 1.86. The van der Waals surface area contributed by atoms with Crippen molar-refractivity contribution < 1.29 is 9.53 Å². The zero-order chi connectivity index (χ0) is 12.4. The van der Waals surface area contributed by atoms with E-state index in [4.69, 9.17) is 4.74 Å². The first-order valence-corrected chi connectivity index (χ1v) is 6.28. The number of hydrogen-bond acceptors (Lipinski definition) is 5. The number of likely N-dealkylation sites (tertiary alicyclic amines) is 1.